The third kappa shape index (κ3) is 3.14. The molecule has 1 amide bonds. The van der Waals surface area contributed by atoms with Gasteiger partial charge in [0.2, 0.25) is 0 Å². The molecule has 0 N–H and O–H groups in total. The van der Waals surface area contributed by atoms with Gasteiger partial charge in [0.05, 0.1) is 0 Å². The van der Waals surface area contributed by atoms with Crippen LogP contribution in [0.4, 0.5) is 0 Å². The number of ether oxygens (including phenoxy) is 1. The second kappa shape index (κ2) is 8.08. The number of hydrogen-bond donors (Lipinski definition) is 0. The van der Waals surface area contributed by atoms with E-state index >= 15 is 0 Å². The van der Waals surface area contributed by atoms with Gasteiger partial charge in [-0.05, 0) is 0 Å². The van der Waals surface area contributed by atoms with Crippen molar-refractivity contribution in [2.45, 2.75) is 36.8 Å². The van der Waals surface area contributed by atoms with Gasteiger partial charge in [0.15, 0.2) is 0 Å². The zero-order valence-corrected chi connectivity index (χ0v) is 20.2. The number of fused-ring (bicyclic) bond motifs is 4. The molecule has 1 aromatic heterocycles. The monoisotopic (exact) mass is 507 g/mol. The first kappa shape index (κ1) is 20.6. The van der Waals surface area contributed by atoms with Gasteiger partial charge >= 0.3 is 199 Å². The fourth-order valence-electron chi connectivity index (χ4n) is 5.47. The fraction of sp³-hybridized carbons (Fsp3) is 0.308. The Balaban J connectivity index is 1.66. The first-order valence-corrected chi connectivity index (χ1v) is 13.4. The Hall–Kier alpha value is -3.02. The summed E-state index contributed by atoms with van der Waals surface area (Å²) in [5.74, 6) is 0.000783. The maximum absolute atomic E-state index is 13.6. The summed E-state index contributed by atoms with van der Waals surface area (Å²) < 4.78 is 8.79. The van der Waals surface area contributed by atoms with Crippen LogP contribution >= 0.6 is 0 Å². The van der Waals surface area contributed by atoms with Gasteiger partial charge in [-0.25, -0.2) is 0 Å². The standard InChI is InChI=1S/C26H25N3O3Se/c1-32-25-20(30)13-15-28-24(25)26(31)27-14-7-6-12-22(27)29(28)23-18-9-3-2-8-17(18)16-33-21-11-5-4-10-19(21)23/h2-5,8-11,13,15,22-23H,6-7,12,14,16H2,1H3/t22-,23+/m1/s1. The summed E-state index contributed by atoms with van der Waals surface area (Å²) in [4.78, 5) is 28.2. The summed E-state index contributed by atoms with van der Waals surface area (Å²) in [5, 5.41) is 3.37. The van der Waals surface area contributed by atoms with E-state index in [9.17, 15) is 9.59 Å². The van der Waals surface area contributed by atoms with Crippen molar-refractivity contribution in [3.05, 3.63) is 93.4 Å². The van der Waals surface area contributed by atoms with Crippen molar-refractivity contribution in [3.8, 4) is 5.75 Å². The van der Waals surface area contributed by atoms with Crippen molar-refractivity contribution in [2.24, 2.45) is 0 Å². The molecule has 6 nitrogen and oxygen atoms in total. The second-order valence-corrected chi connectivity index (χ2v) is 10.8. The molecule has 0 bridgehead atoms. The van der Waals surface area contributed by atoms with Gasteiger partial charge in [-0.2, -0.15) is 0 Å². The molecule has 0 unspecified atom stereocenters. The molecule has 1 saturated heterocycles. The number of rotatable bonds is 2. The van der Waals surface area contributed by atoms with Crippen LogP contribution in [0.1, 0.15) is 52.5 Å². The van der Waals surface area contributed by atoms with Crippen LogP contribution in [0.25, 0.3) is 0 Å². The van der Waals surface area contributed by atoms with E-state index < -0.39 is 0 Å². The molecule has 33 heavy (non-hydrogen) atoms. The molecule has 0 aliphatic carbocycles. The molecule has 6 rings (SSSR count). The van der Waals surface area contributed by atoms with Crippen LogP contribution in [0.15, 0.2) is 65.6 Å². The van der Waals surface area contributed by atoms with Gasteiger partial charge in [-0.1, -0.05) is 0 Å². The molecule has 3 aromatic rings. The Morgan fingerprint density at radius 1 is 0.970 bits per heavy atom. The summed E-state index contributed by atoms with van der Waals surface area (Å²) in [6, 6.07) is 18.8. The molecule has 168 valence electrons. The van der Waals surface area contributed by atoms with Crippen LogP contribution in [0.2, 0.25) is 0 Å². The Morgan fingerprint density at radius 3 is 2.61 bits per heavy atom. The number of carbonyl (C=O) groups excluding carboxylic acids is 1. The summed E-state index contributed by atoms with van der Waals surface area (Å²) in [6.45, 7) is 0.687. The predicted octanol–water partition coefficient (Wildman–Crippen LogP) is 2.39. The third-order valence-electron chi connectivity index (χ3n) is 6.94. The van der Waals surface area contributed by atoms with E-state index in [2.05, 4.69) is 53.5 Å². The Bertz CT molecular complexity index is 1260. The molecule has 0 saturated carbocycles. The molecule has 2 atom stereocenters. The summed E-state index contributed by atoms with van der Waals surface area (Å²) in [6.07, 6.45) is 4.60. The molecule has 0 radical (unpaired) electrons. The Morgan fingerprint density at radius 2 is 1.76 bits per heavy atom. The topological polar surface area (TPSA) is 54.8 Å². The number of methoxy groups -OCH3 is 1. The molecule has 0 spiro atoms. The Labute approximate surface area is 198 Å². The molecule has 3 aliphatic rings. The first-order chi connectivity index (χ1) is 16.2. The average molecular weight is 506 g/mol. The quantitative estimate of drug-likeness (QED) is 0.501. The molecule has 7 heteroatoms. The fourth-order valence-corrected chi connectivity index (χ4v) is 7.77. The first-order valence-electron chi connectivity index (χ1n) is 11.4. The van der Waals surface area contributed by atoms with E-state index in [1.54, 1.807) is 6.20 Å². The van der Waals surface area contributed by atoms with Crippen LogP contribution in [-0.4, -0.2) is 50.3 Å². The number of pyridine rings is 1. The zero-order chi connectivity index (χ0) is 22.5. The number of piperidine rings is 1. The molecule has 2 aromatic carbocycles. The van der Waals surface area contributed by atoms with Crippen molar-refractivity contribution >= 4 is 25.3 Å². The predicted molar refractivity (Wildman–Crippen MR) is 128 cm³/mol. The number of benzene rings is 2. The Kier molecular flexibility index (Phi) is 5.04. The summed E-state index contributed by atoms with van der Waals surface area (Å²) in [5.41, 5.74) is 3.97. The third-order valence-corrected chi connectivity index (χ3v) is 9.33. The second-order valence-electron chi connectivity index (χ2n) is 8.69. The van der Waals surface area contributed by atoms with Gasteiger partial charge < -0.3 is 0 Å². The number of carbonyl (C=O) groups is 1. The van der Waals surface area contributed by atoms with E-state index in [4.69, 9.17) is 4.74 Å². The number of aromatic nitrogens is 1. The van der Waals surface area contributed by atoms with Crippen molar-refractivity contribution < 1.29 is 9.53 Å². The van der Waals surface area contributed by atoms with Crippen molar-refractivity contribution in [3.63, 3.8) is 0 Å². The average Bonchev–Trinajstić information content (AvgIpc) is 3.02. The summed E-state index contributed by atoms with van der Waals surface area (Å²) >= 11 is 0.323. The van der Waals surface area contributed by atoms with Crippen LogP contribution in [0, 0.1) is 0 Å². The van der Waals surface area contributed by atoms with Crippen molar-refractivity contribution in [2.75, 3.05) is 18.7 Å². The zero-order valence-electron chi connectivity index (χ0n) is 18.4. The van der Waals surface area contributed by atoms with Gasteiger partial charge in [0, 0.05) is 0 Å². The molecule has 4 heterocycles. The number of hydrogen-bond acceptors (Lipinski definition) is 4. The number of nitrogens with zero attached hydrogens (tertiary/aromatic N) is 3. The SMILES string of the molecule is COc1c2n(ccc1=O)N([C@H]1c3ccccc3C[Se]c3ccccc31)[C@@H]1CCCCN1C2=O. The van der Waals surface area contributed by atoms with Gasteiger partial charge in [0.1, 0.15) is 0 Å². The van der Waals surface area contributed by atoms with Gasteiger partial charge in [-0.15, -0.1) is 0 Å². The maximum atomic E-state index is 13.6. The molecule has 1 fully saturated rings. The minimum absolute atomic E-state index is 0.0635. The number of amides is 1. The molecular formula is C26H25N3O3Se. The van der Waals surface area contributed by atoms with E-state index in [0.29, 0.717) is 27.2 Å². The van der Waals surface area contributed by atoms with Crippen molar-refractivity contribution in [1.29, 1.82) is 0 Å². The summed E-state index contributed by atoms with van der Waals surface area (Å²) in [7, 11) is 1.47. The van der Waals surface area contributed by atoms with Crippen LogP contribution < -0.4 is 19.6 Å². The van der Waals surface area contributed by atoms with Crippen LogP contribution in [0.5, 0.6) is 5.75 Å². The van der Waals surface area contributed by atoms with Gasteiger partial charge in [-0.3, -0.25) is 0 Å². The molecular weight excluding hydrogens is 481 g/mol. The molecule has 3 aliphatic heterocycles. The minimum atomic E-state index is -0.266. The van der Waals surface area contributed by atoms with Gasteiger partial charge in [0.25, 0.3) is 0 Å². The van der Waals surface area contributed by atoms with E-state index in [1.807, 2.05) is 9.58 Å². The van der Waals surface area contributed by atoms with Crippen LogP contribution in [0.3, 0.4) is 0 Å². The van der Waals surface area contributed by atoms with Crippen molar-refractivity contribution in [1.82, 2.24) is 9.58 Å². The normalized spacial score (nSPS) is 21.4. The van der Waals surface area contributed by atoms with E-state index in [1.165, 1.54) is 34.3 Å². The van der Waals surface area contributed by atoms with E-state index in [-0.39, 0.29) is 29.3 Å². The van der Waals surface area contributed by atoms with E-state index in [0.717, 1.165) is 24.6 Å². The van der Waals surface area contributed by atoms with Crippen LogP contribution in [-0.2, 0) is 5.32 Å².